The number of pyridine rings is 1. The van der Waals surface area contributed by atoms with Crippen molar-refractivity contribution in [3.8, 4) is 28.3 Å². The Labute approximate surface area is 208 Å². The zero-order chi connectivity index (χ0) is 24.4. The summed E-state index contributed by atoms with van der Waals surface area (Å²) in [6.45, 7) is 2.42. The number of benzene rings is 2. The average molecular weight is 534 g/mol. The lowest BCUT2D eigenvalue weighted by Gasteiger charge is -2.09. The van der Waals surface area contributed by atoms with E-state index in [2.05, 4.69) is 48.5 Å². The van der Waals surface area contributed by atoms with Crippen LogP contribution in [0, 0.1) is 5.82 Å². The number of nitrogens with one attached hydrogen (secondary N) is 1. The summed E-state index contributed by atoms with van der Waals surface area (Å²) in [6.07, 6.45) is 4.98. The van der Waals surface area contributed by atoms with E-state index in [0.717, 1.165) is 28.8 Å². The fourth-order valence-electron chi connectivity index (χ4n) is 4.08. The minimum absolute atomic E-state index is 0.217. The fourth-order valence-corrected chi connectivity index (χ4v) is 4.61. The van der Waals surface area contributed by atoms with Crippen molar-refractivity contribution in [2.75, 3.05) is 0 Å². The number of nitrogens with zero attached hydrogens (tertiary/aromatic N) is 6. The van der Waals surface area contributed by atoms with Gasteiger partial charge in [0.25, 0.3) is 0 Å². The molecule has 0 radical (unpaired) electrons. The Hall–Kier alpha value is -3.92. The van der Waals surface area contributed by atoms with Crippen molar-refractivity contribution < 1.29 is 4.39 Å². The van der Waals surface area contributed by atoms with Gasteiger partial charge in [-0.3, -0.25) is 14.1 Å². The molecule has 35 heavy (non-hydrogen) atoms. The molecule has 0 unspecified atom stereocenters. The summed E-state index contributed by atoms with van der Waals surface area (Å²) in [5.41, 5.74) is 4.18. The number of para-hydroxylation sites is 1. The molecule has 1 N–H and O–H groups in total. The van der Waals surface area contributed by atoms with Gasteiger partial charge < -0.3 is 0 Å². The molecular formula is C25H21BrFN7O. The Morgan fingerprint density at radius 1 is 1.09 bits per heavy atom. The summed E-state index contributed by atoms with van der Waals surface area (Å²) in [5.74, 6) is -0.0408. The number of imidazole rings is 1. The molecule has 0 amide bonds. The number of halogens is 2. The summed E-state index contributed by atoms with van der Waals surface area (Å²) in [4.78, 5) is 17.8. The van der Waals surface area contributed by atoms with Crippen LogP contribution in [-0.2, 0) is 13.0 Å². The molecule has 0 fully saturated rings. The summed E-state index contributed by atoms with van der Waals surface area (Å²) in [7, 11) is 0. The lowest BCUT2D eigenvalue weighted by Crippen LogP contribution is -2.25. The molecule has 3 heterocycles. The Bertz CT molecular complexity index is 1500. The number of H-pyrrole nitrogens is 1. The predicted molar refractivity (Wildman–Crippen MR) is 134 cm³/mol. The smallest absolute Gasteiger partial charge is 0.292 e. The largest absolute Gasteiger partial charge is 0.333 e. The molecule has 0 spiro atoms. The van der Waals surface area contributed by atoms with Crippen LogP contribution in [0.1, 0.15) is 24.6 Å². The monoisotopic (exact) mass is 533 g/mol. The standard InChI is InChI=1S/C25H21BrFN7O/c1-2-5-18-15-34(23-20(26)7-3-8-21(23)27)25(35)33(18)14-16-9-11-17(12-10-16)19-6-4-13-28-22(19)24-29-31-32-30-24/h3-4,6-13,15H,2,5,14H2,1H3,(H,29,30,31,32). The highest BCUT2D eigenvalue weighted by atomic mass is 79.9. The number of hydrogen-bond donors (Lipinski definition) is 1. The highest BCUT2D eigenvalue weighted by Crippen LogP contribution is 2.28. The molecular weight excluding hydrogens is 513 g/mol. The lowest BCUT2D eigenvalue weighted by molar-refractivity contribution is 0.612. The molecule has 0 bridgehead atoms. The van der Waals surface area contributed by atoms with Crippen LogP contribution in [0.25, 0.3) is 28.3 Å². The van der Waals surface area contributed by atoms with Gasteiger partial charge in [0.05, 0.1) is 6.54 Å². The molecule has 8 nitrogen and oxygen atoms in total. The molecule has 0 atom stereocenters. The molecule has 5 rings (SSSR count). The third-order valence-electron chi connectivity index (χ3n) is 5.72. The van der Waals surface area contributed by atoms with E-state index in [1.165, 1.54) is 10.6 Å². The van der Waals surface area contributed by atoms with Crippen molar-refractivity contribution in [3.05, 3.63) is 99.0 Å². The molecule has 3 aromatic heterocycles. The SMILES string of the molecule is CCCc1cn(-c2c(F)cccc2Br)c(=O)n1Cc1ccc(-c2cccnc2-c2nn[nH]n2)cc1. The Morgan fingerprint density at radius 3 is 2.63 bits per heavy atom. The van der Waals surface area contributed by atoms with Gasteiger partial charge >= 0.3 is 5.69 Å². The van der Waals surface area contributed by atoms with E-state index >= 15 is 0 Å². The molecule has 0 saturated heterocycles. The first kappa shape index (κ1) is 22.9. The van der Waals surface area contributed by atoms with Crippen molar-refractivity contribution in [1.29, 1.82) is 0 Å². The molecule has 0 aliphatic carbocycles. The van der Waals surface area contributed by atoms with Crippen LogP contribution in [0.3, 0.4) is 0 Å². The number of aryl methyl sites for hydroxylation is 1. The van der Waals surface area contributed by atoms with Crippen LogP contribution >= 0.6 is 15.9 Å². The van der Waals surface area contributed by atoms with E-state index in [9.17, 15) is 9.18 Å². The zero-order valence-electron chi connectivity index (χ0n) is 18.8. The van der Waals surface area contributed by atoms with Crippen LogP contribution in [-0.4, -0.2) is 34.7 Å². The molecule has 176 valence electrons. The second-order valence-electron chi connectivity index (χ2n) is 8.01. The fraction of sp³-hybridized carbons (Fsp3) is 0.160. The van der Waals surface area contributed by atoms with Crippen LogP contribution in [0.4, 0.5) is 4.39 Å². The van der Waals surface area contributed by atoms with Crippen molar-refractivity contribution in [1.82, 2.24) is 34.7 Å². The van der Waals surface area contributed by atoms with E-state index in [1.807, 2.05) is 36.4 Å². The first-order chi connectivity index (χ1) is 17.1. The van der Waals surface area contributed by atoms with Gasteiger partial charge in [-0.25, -0.2) is 9.18 Å². The Kier molecular flexibility index (Phi) is 6.37. The maximum atomic E-state index is 14.6. The highest BCUT2D eigenvalue weighted by Gasteiger charge is 2.18. The van der Waals surface area contributed by atoms with E-state index in [4.69, 9.17) is 0 Å². The average Bonchev–Trinajstić information content (AvgIpc) is 3.50. The van der Waals surface area contributed by atoms with Crippen LogP contribution in [0.2, 0.25) is 0 Å². The van der Waals surface area contributed by atoms with E-state index in [0.29, 0.717) is 29.0 Å². The maximum absolute atomic E-state index is 14.6. The van der Waals surface area contributed by atoms with Gasteiger partial charge in [-0.05, 0) is 56.9 Å². The van der Waals surface area contributed by atoms with Crippen LogP contribution in [0.15, 0.2) is 76.3 Å². The van der Waals surface area contributed by atoms with Crippen molar-refractivity contribution in [2.24, 2.45) is 0 Å². The van der Waals surface area contributed by atoms with Gasteiger partial charge in [0.15, 0.2) is 0 Å². The molecule has 0 aliphatic heterocycles. The Balaban J connectivity index is 1.49. The molecule has 10 heteroatoms. The van der Waals surface area contributed by atoms with E-state index < -0.39 is 5.82 Å². The number of aromatic nitrogens is 7. The Morgan fingerprint density at radius 2 is 1.91 bits per heavy atom. The van der Waals surface area contributed by atoms with Gasteiger partial charge in [-0.15, -0.1) is 10.2 Å². The molecule has 2 aromatic carbocycles. The molecule has 5 aromatic rings. The van der Waals surface area contributed by atoms with Gasteiger partial charge in [0, 0.05) is 28.1 Å². The zero-order valence-corrected chi connectivity index (χ0v) is 20.4. The maximum Gasteiger partial charge on any atom is 0.333 e. The normalized spacial score (nSPS) is 11.2. The summed E-state index contributed by atoms with van der Waals surface area (Å²) < 4.78 is 18.2. The topological polar surface area (TPSA) is 94.3 Å². The van der Waals surface area contributed by atoms with Gasteiger partial charge in [0.2, 0.25) is 5.82 Å². The minimum atomic E-state index is -0.458. The number of hydrogen-bond acceptors (Lipinski definition) is 5. The van der Waals surface area contributed by atoms with Gasteiger partial charge in [-0.1, -0.05) is 49.7 Å². The van der Waals surface area contributed by atoms with Crippen molar-refractivity contribution in [2.45, 2.75) is 26.3 Å². The lowest BCUT2D eigenvalue weighted by atomic mass is 10.0. The third kappa shape index (κ3) is 4.44. The first-order valence-corrected chi connectivity index (χ1v) is 11.9. The summed E-state index contributed by atoms with van der Waals surface area (Å²) in [6, 6.07) is 16.4. The summed E-state index contributed by atoms with van der Waals surface area (Å²) in [5, 5.41) is 14.2. The van der Waals surface area contributed by atoms with Gasteiger partial charge in [-0.2, -0.15) is 5.21 Å². The number of aromatic amines is 1. The van der Waals surface area contributed by atoms with Crippen LogP contribution in [0.5, 0.6) is 0 Å². The second-order valence-corrected chi connectivity index (χ2v) is 8.87. The predicted octanol–water partition coefficient (Wildman–Crippen LogP) is 4.78. The van der Waals surface area contributed by atoms with Crippen molar-refractivity contribution in [3.63, 3.8) is 0 Å². The number of rotatable bonds is 7. The van der Waals surface area contributed by atoms with E-state index in [-0.39, 0.29) is 11.4 Å². The quantitative estimate of drug-likeness (QED) is 0.324. The van der Waals surface area contributed by atoms with E-state index in [1.54, 1.807) is 29.1 Å². The highest BCUT2D eigenvalue weighted by molar-refractivity contribution is 9.10. The minimum Gasteiger partial charge on any atom is -0.292 e. The van der Waals surface area contributed by atoms with Crippen molar-refractivity contribution >= 4 is 15.9 Å². The summed E-state index contributed by atoms with van der Waals surface area (Å²) >= 11 is 3.38. The molecule has 0 saturated carbocycles. The first-order valence-electron chi connectivity index (χ1n) is 11.1. The second kappa shape index (κ2) is 9.75. The van der Waals surface area contributed by atoms with Gasteiger partial charge in [0.1, 0.15) is 17.2 Å². The van der Waals surface area contributed by atoms with Crippen LogP contribution < -0.4 is 5.69 Å². The molecule has 0 aliphatic rings. The number of tetrazole rings is 1. The third-order valence-corrected chi connectivity index (χ3v) is 6.36.